The molecular weight excluding hydrogens is 410 g/mol. The summed E-state index contributed by atoms with van der Waals surface area (Å²) in [6, 6.07) is 10.9. The fraction of sp³-hybridized carbons (Fsp3) is 0.375. The number of carbonyl (C=O) groups excluding carboxylic acids is 1. The minimum atomic E-state index is -0.418. The number of esters is 1. The molecule has 0 aliphatic carbocycles. The third-order valence-corrected chi connectivity index (χ3v) is 6.53. The van der Waals surface area contributed by atoms with Gasteiger partial charge in [0.15, 0.2) is 17.1 Å². The van der Waals surface area contributed by atoms with Crippen LogP contribution in [0.2, 0.25) is 0 Å². The van der Waals surface area contributed by atoms with Crippen molar-refractivity contribution in [1.29, 1.82) is 0 Å². The number of fused-ring (bicyclic) bond motifs is 1. The van der Waals surface area contributed by atoms with Gasteiger partial charge in [-0.2, -0.15) is 0 Å². The molecule has 0 bridgehead atoms. The summed E-state index contributed by atoms with van der Waals surface area (Å²) in [4.78, 5) is 26.0. The van der Waals surface area contributed by atoms with E-state index in [1.165, 1.54) is 6.92 Å². The standard InChI is InChI=1S/C24H28N3O5/c1-16-22(26(29)30)20-12-13-21(32-17(2)28)23(25-14-6-5-7-15-25)24(20)27(16,3)18-8-10-19(31-4)11-9-18/h8-13H,5-7,14-15H2,1-4H3/q+1. The molecule has 32 heavy (non-hydrogen) atoms. The van der Waals surface area contributed by atoms with Crippen LogP contribution in [0, 0.1) is 10.1 Å². The van der Waals surface area contributed by atoms with Crippen molar-refractivity contribution < 1.29 is 19.2 Å². The van der Waals surface area contributed by atoms with Crippen LogP contribution >= 0.6 is 0 Å². The maximum Gasteiger partial charge on any atom is 0.338 e. The lowest BCUT2D eigenvalue weighted by Crippen LogP contribution is -2.39. The van der Waals surface area contributed by atoms with Crippen molar-refractivity contribution in [3.63, 3.8) is 0 Å². The van der Waals surface area contributed by atoms with Gasteiger partial charge in [0.2, 0.25) is 0 Å². The lowest BCUT2D eigenvalue weighted by molar-refractivity contribution is -0.376. The average molecular weight is 439 g/mol. The fourth-order valence-corrected chi connectivity index (χ4v) is 4.87. The number of piperidine rings is 1. The fourth-order valence-electron chi connectivity index (χ4n) is 4.87. The number of hydrogen-bond donors (Lipinski definition) is 0. The summed E-state index contributed by atoms with van der Waals surface area (Å²) in [7, 11) is 3.56. The third-order valence-electron chi connectivity index (χ3n) is 6.53. The zero-order valence-electron chi connectivity index (χ0n) is 18.9. The Hall–Kier alpha value is -3.39. The molecule has 2 aromatic carbocycles. The van der Waals surface area contributed by atoms with Crippen molar-refractivity contribution in [2.24, 2.45) is 0 Å². The van der Waals surface area contributed by atoms with Crippen LogP contribution in [0.4, 0.5) is 17.1 Å². The second-order valence-corrected chi connectivity index (χ2v) is 8.35. The quantitative estimate of drug-likeness (QED) is 0.218. The van der Waals surface area contributed by atoms with Crippen LogP contribution in [-0.4, -0.2) is 38.1 Å². The van der Waals surface area contributed by atoms with Gasteiger partial charge in [0.1, 0.15) is 22.7 Å². The lowest BCUT2D eigenvalue weighted by atomic mass is 10.0. The molecule has 0 saturated carbocycles. The van der Waals surface area contributed by atoms with Crippen LogP contribution in [0.15, 0.2) is 42.1 Å². The van der Waals surface area contributed by atoms with Crippen LogP contribution in [0.3, 0.4) is 0 Å². The summed E-state index contributed by atoms with van der Waals surface area (Å²) in [6.45, 7) is 4.78. The molecule has 2 aromatic rings. The number of benzene rings is 2. The van der Waals surface area contributed by atoms with Crippen LogP contribution < -0.4 is 18.9 Å². The minimum absolute atomic E-state index is 0.0888. The first kappa shape index (κ1) is 21.8. The normalized spacial score (nSPS) is 20.2. The van der Waals surface area contributed by atoms with E-state index in [1.54, 1.807) is 26.2 Å². The smallest absolute Gasteiger partial charge is 0.338 e. The number of ether oxygens (including phenoxy) is 2. The maximum absolute atomic E-state index is 12.2. The number of rotatable bonds is 5. The number of anilines is 1. The van der Waals surface area contributed by atoms with Crippen molar-refractivity contribution in [1.82, 2.24) is 4.48 Å². The predicted octanol–water partition coefficient (Wildman–Crippen LogP) is 4.86. The number of quaternary nitrogens is 1. The Kier molecular flexibility index (Phi) is 5.64. The molecule has 8 nitrogen and oxygen atoms in total. The van der Waals surface area contributed by atoms with E-state index in [0.717, 1.165) is 49.4 Å². The van der Waals surface area contributed by atoms with E-state index in [2.05, 4.69) is 4.90 Å². The highest BCUT2D eigenvalue weighted by atomic mass is 16.6. The predicted molar refractivity (Wildman–Crippen MR) is 124 cm³/mol. The molecule has 0 radical (unpaired) electrons. The van der Waals surface area contributed by atoms with Crippen molar-refractivity contribution >= 4 is 28.7 Å². The Bertz CT molecular complexity index is 1100. The molecule has 2 heterocycles. The summed E-state index contributed by atoms with van der Waals surface area (Å²) >= 11 is 0. The van der Waals surface area contributed by atoms with Crippen LogP contribution in [0.5, 0.6) is 11.5 Å². The SMILES string of the molecule is COc1ccc([N+]2(C)C(C)=C([N+](=O)[O-])c3ccc(OC(C)=O)c(N4CCCCC4)c32)cc1. The molecule has 0 N–H and O–H groups in total. The number of nitro groups is 1. The van der Waals surface area contributed by atoms with Crippen molar-refractivity contribution in [3.05, 3.63) is 57.8 Å². The summed E-state index contributed by atoms with van der Waals surface area (Å²) in [5.41, 5.74) is 3.63. The Morgan fingerprint density at radius 3 is 2.31 bits per heavy atom. The number of nitrogens with zero attached hydrogens (tertiary/aromatic N) is 3. The molecule has 0 spiro atoms. The highest BCUT2D eigenvalue weighted by molar-refractivity contribution is 5.96. The van der Waals surface area contributed by atoms with Gasteiger partial charge in [-0.05, 0) is 43.5 Å². The Labute approximate surface area is 187 Å². The Morgan fingerprint density at radius 1 is 1.09 bits per heavy atom. The van der Waals surface area contributed by atoms with Gasteiger partial charge in [-0.3, -0.25) is 14.9 Å². The van der Waals surface area contributed by atoms with Crippen molar-refractivity contribution in [3.8, 4) is 11.5 Å². The topological polar surface area (TPSA) is 81.9 Å². The van der Waals surface area contributed by atoms with Gasteiger partial charge in [-0.25, -0.2) is 4.48 Å². The highest BCUT2D eigenvalue weighted by Gasteiger charge is 2.51. The van der Waals surface area contributed by atoms with Gasteiger partial charge >= 0.3 is 11.7 Å². The monoisotopic (exact) mass is 438 g/mol. The van der Waals surface area contributed by atoms with E-state index in [4.69, 9.17) is 9.47 Å². The van der Waals surface area contributed by atoms with Crippen molar-refractivity contribution in [2.75, 3.05) is 32.1 Å². The van der Waals surface area contributed by atoms with Gasteiger partial charge in [-0.15, -0.1) is 0 Å². The molecule has 168 valence electrons. The van der Waals surface area contributed by atoms with Crippen molar-refractivity contribution in [2.45, 2.75) is 33.1 Å². The number of carbonyl (C=O) groups is 1. The number of allylic oxidation sites excluding steroid dienone is 1. The molecule has 2 aliphatic heterocycles. The molecule has 1 saturated heterocycles. The van der Waals surface area contributed by atoms with Crippen LogP contribution in [0.25, 0.3) is 5.70 Å². The zero-order chi connectivity index (χ0) is 23.0. The van der Waals surface area contributed by atoms with Gasteiger partial charge < -0.3 is 14.4 Å². The van der Waals surface area contributed by atoms with E-state index in [0.29, 0.717) is 22.8 Å². The molecule has 8 heteroatoms. The largest absolute Gasteiger partial charge is 0.497 e. The molecule has 1 unspecified atom stereocenters. The highest BCUT2D eigenvalue weighted by Crippen LogP contribution is 2.57. The first-order valence-corrected chi connectivity index (χ1v) is 10.8. The van der Waals surface area contributed by atoms with E-state index < -0.39 is 5.97 Å². The zero-order valence-corrected chi connectivity index (χ0v) is 18.9. The first-order valence-electron chi connectivity index (χ1n) is 10.8. The van der Waals surface area contributed by atoms with Gasteiger partial charge in [-0.1, -0.05) is 0 Å². The second-order valence-electron chi connectivity index (χ2n) is 8.35. The van der Waals surface area contributed by atoms with Crippen LogP contribution in [0.1, 0.15) is 38.7 Å². The summed E-state index contributed by atoms with van der Waals surface area (Å²) in [5, 5.41) is 12.2. The minimum Gasteiger partial charge on any atom is -0.497 e. The van der Waals surface area contributed by atoms with Gasteiger partial charge in [0.25, 0.3) is 0 Å². The summed E-state index contributed by atoms with van der Waals surface area (Å²) in [5.74, 6) is 0.730. The van der Waals surface area contributed by atoms with E-state index in [-0.39, 0.29) is 15.1 Å². The van der Waals surface area contributed by atoms with Crippen LogP contribution in [-0.2, 0) is 4.79 Å². The Morgan fingerprint density at radius 2 is 1.75 bits per heavy atom. The average Bonchev–Trinajstić information content (AvgIpc) is 3.02. The van der Waals surface area contributed by atoms with E-state index >= 15 is 0 Å². The third kappa shape index (κ3) is 3.40. The van der Waals surface area contributed by atoms with Gasteiger partial charge in [0.05, 0.1) is 19.1 Å². The number of hydrogen-bond acceptors (Lipinski definition) is 6. The van der Waals surface area contributed by atoms with E-state index in [1.807, 2.05) is 31.3 Å². The first-order chi connectivity index (χ1) is 15.3. The van der Waals surface area contributed by atoms with Gasteiger partial charge in [0, 0.05) is 39.1 Å². The second kappa shape index (κ2) is 8.27. The lowest BCUT2D eigenvalue weighted by Gasteiger charge is -2.36. The number of methoxy groups -OCH3 is 1. The summed E-state index contributed by atoms with van der Waals surface area (Å²) in [6.07, 6.45) is 3.17. The molecule has 4 rings (SSSR count). The molecular formula is C24H28N3O5+. The molecule has 1 atom stereocenters. The van der Waals surface area contributed by atoms with E-state index in [9.17, 15) is 14.9 Å². The Balaban J connectivity index is 2.03. The molecule has 0 amide bonds. The summed E-state index contributed by atoms with van der Waals surface area (Å²) < 4.78 is 11.1. The molecule has 1 fully saturated rings. The maximum atomic E-state index is 12.2. The molecule has 0 aromatic heterocycles. The molecule has 2 aliphatic rings.